The Morgan fingerprint density at radius 2 is 2.23 bits per heavy atom. The molecule has 2 aromatic heterocycles. The number of hydrogen-bond donors (Lipinski definition) is 2. The number of hydrogen-bond acceptors (Lipinski definition) is 6. The van der Waals surface area contributed by atoms with Crippen LogP contribution >= 0.6 is 0 Å². The summed E-state index contributed by atoms with van der Waals surface area (Å²) < 4.78 is 16.3. The first-order valence-corrected chi connectivity index (χ1v) is 9.88. The molecule has 0 atom stereocenters. The summed E-state index contributed by atoms with van der Waals surface area (Å²) in [4.78, 5) is 16.8. The minimum Gasteiger partial charge on any atom is -0.495 e. The molecular formula is C23H20N4O4. The molecule has 156 valence electrons. The van der Waals surface area contributed by atoms with Gasteiger partial charge in [0, 0.05) is 6.42 Å². The molecule has 1 amide bonds. The number of nitrogens with zero attached hydrogens (tertiary/aromatic N) is 2. The number of rotatable bonds is 6. The maximum Gasteiger partial charge on any atom is 0.255 e. The van der Waals surface area contributed by atoms with Crippen LogP contribution < -0.4 is 14.8 Å². The van der Waals surface area contributed by atoms with Gasteiger partial charge < -0.3 is 19.2 Å². The van der Waals surface area contributed by atoms with Gasteiger partial charge in [0.1, 0.15) is 17.8 Å². The largest absolute Gasteiger partial charge is 0.495 e. The second-order valence-electron chi connectivity index (χ2n) is 7.09. The van der Waals surface area contributed by atoms with Crippen molar-refractivity contribution in [2.45, 2.75) is 13.0 Å². The Morgan fingerprint density at radius 1 is 1.29 bits per heavy atom. The average Bonchev–Trinajstić information content (AvgIpc) is 3.55. The lowest BCUT2D eigenvalue weighted by Gasteiger charge is -2.10. The highest BCUT2D eigenvalue weighted by Gasteiger charge is 2.19. The molecule has 0 spiro atoms. The number of methoxy groups -OCH3 is 1. The minimum absolute atomic E-state index is 0.188. The summed E-state index contributed by atoms with van der Waals surface area (Å²) in [5.41, 5.74) is 4.14. The predicted octanol–water partition coefficient (Wildman–Crippen LogP) is 3.59. The summed E-state index contributed by atoms with van der Waals surface area (Å²) in [5.74, 6) is 1.55. The monoisotopic (exact) mass is 416 g/mol. The average molecular weight is 416 g/mol. The quantitative estimate of drug-likeness (QED) is 0.498. The van der Waals surface area contributed by atoms with Gasteiger partial charge in [-0.3, -0.25) is 9.89 Å². The predicted molar refractivity (Wildman–Crippen MR) is 115 cm³/mol. The molecule has 0 saturated carbocycles. The van der Waals surface area contributed by atoms with Crippen molar-refractivity contribution in [1.29, 1.82) is 0 Å². The van der Waals surface area contributed by atoms with Crippen molar-refractivity contribution >= 4 is 29.0 Å². The van der Waals surface area contributed by atoms with E-state index in [0.717, 1.165) is 35.2 Å². The Bertz CT molecular complexity index is 1270. The van der Waals surface area contributed by atoms with Crippen LogP contribution in [0.4, 0.5) is 0 Å². The minimum atomic E-state index is -0.285. The van der Waals surface area contributed by atoms with Gasteiger partial charge in [0.2, 0.25) is 5.89 Å². The zero-order valence-corrected chi connectivity index (χ0v) is 16.8. The zero-order valence-electron chi connectivity index (χ0n) is 16.8. The van der Waals surface area contributed by atoms with E-state index in [1.54, 1.807) is 13.2 Å². The normalized spacial score (nSPS) is 12.8. The van der Waals surface area contributed by atoms with Crippen LogP contribution in [0.5, 0.6) is 11.5 Å². The van der Waals surface area contributed by atoms with Crippen LogP contribution in [-0.2, 0) is 13.0 Å². The first-order chi connectivity index (χ1) is 15.2. The maximum atomic E-state index is 12.8. The van der Waals surface area contributed by atoms with E-state index in [0.29, 0.717) is 22.9 Å². The highest BCUT2D eigenvalue weighted by atomic mass is 16.5. The molecule has 0 unspecified atom stereocenters. The standard InChI is InChI=1S/C23H20N4O4/c1-29-22-16(23(28)25-13-20-24-9-11-31-20)4-6-18-21(22)17(26-27-18)5-2-14-3-7-19-15(12-14)8-10-30-19/h2-7,9,11-12H,8,10,13H2,1H3,(H,25,28)(H,26,27)/b5-2+. The number of carbonyl (C=O) groups excluding carboxylic acids is 1. The van der Waals surface area contributed by atoms with E-state index in [9.17, 15) is 4.79 Å². The molecule has 2 N–H and O–H groups in total. The Kier molecular flexibility index (Phi) is 4.87. The van der Waals surface area contributed by atoms with Gasteiger partial charge in [-0.25, -0.2) is 4.98 Å². The topological polar surface area (TPSA) is 102 Å². The third kappa shape index (κ3) is 3.63. The van der Waals surface area contributed by atoms with Crippen molar-refractivity contribution in [1.82, 2.24) is 20.5 Å². The van der Waals surface area contributed by atoms with Crippen molar-refractivity contribution in [3.8, 4) is 11.5 Å². The van der Waals surface area contributed by atoms with Crippen LogP contribution in [-0.4, -0.2) is 34.8 Å². The molecule has 8 heteroatoms. The lowest BCUT2D eigenvalue weighted by Crippen LogP contribution is -2.23. The van der Waals surface area contributed by atoms with Gasteiger partial charge in [-0.15, -0.1) is 0 Å². The molecule has 0 saturated heterocycles. The van der Waals surface area contributed by atoms with Crippen LogP contribution in [0.1, 0.15) is 33.1 Å². The number of aromatic nitrogens is 3. The third-order valence-corrected chi connectivity index (χ3v) is 5.19. The molecule has 2 aromatic carbocycles. The van der Waals surface area contributed by atoms with E-state index >= 15 is 0 Å². The Labute approximate surface area is 177 Å². The molecule has 8 nitrogen and oxygen atoms in total. The van der Waals surface area contributed by atoms with Gasteiger partial charge in [0.15, 0.2) is 0 Å². The molecular weight excluding hydrogens is 396 g/mol. The molecule has 0 bridgehead atoms. The molecule has 1 aliphatic rings. The van der Waals surface area contributed by atoms with Gasteiger partial charge in [-0.05, 0) is 41.5 Å². The van der Waals surface area contributed by atoms with Gasteiger partial charge >= 0.3 is 0 Å². The zero-order chi connectivity index (χ0) is 21.2. The van der Waals surface area contributed by atoms with Crippen LogP contribution in [0.2, 0.25) is 0 Å². The summed E-state index contributed by atoms with van der Waals surface area (Å²) in [6.07, 6.45) is 7.82. The molecule has 5 rings (SSSR count). The second kappa shape index (κ2) is 7.98. The number of aromatic amines is 1. The van der Waals surface area contributed by atoms with E-state index in [1.165, 1.54) is 18.0 Å². The van der Waals surface area contributed by atoms with E-state index in [1.807, 2.05) is 30.4 Å². The molecule has 1 aliphatic heterocycles. The summed E-state index contributed by atoms with van der Waals surface area (Å²) in [5, 5.41) is 10.9. The van der Waals surface area contributed by atoms with Gasteiger partial charge in [-0.1, -0.05) is 12.1 Å². The summed E-state index contributed by atoms with van der Waals surface area (Å²) >= 11 is 0. The van der Waals surface area contributed by atoms with Gasteiger partial charge in [-0.2, -0.15) is 5.10 Å². The van der Waals surface area contributed by atoms with Crippen molar-refractivity contribution < 1.29 is 18.7 Å². The van der Waals surface area contributed by atoms with Crippen LogP contribution in [0, 0.1) is 0 Å². The molecule has 0 radical (unpaired) electrons. The van der Waals surface area contributed by atoms with Gasteiger partial charge in [0.25, 0.3) is 5.91 Å². The number of H-pyrrole nitrogens is 1. The van der Waals surface area contributed by atoms with E-state index in [4.69, 9.17) is 13.9 Å². The first-order valence-electron chi connectivity index (χ1n) is 9.88. The summed E-state index contributed by atoms with van der Waals surface area (Å²) in [7, 11) is 1.54. The van der Waals surface area contributed by atoms with E-state index < -0.39 is 0 Å². The summed E-state index contributed by atoms with van der Waals surface area (Å²) in [6.45, 7) is 0.914. The molecule has 0 fully saturated rings. The lowest BCUT2D eigenvalue weighted by atomic mass is 10.1. The number of ether oxygens (including phenoxy) is 2. The highest BCUT2D eigenvalue weighted by molar-refractivity contribution is 6.05. The molecule has 3 heterocycles. The molecule has 0 aliphatic carbocycles. The van der Waals surface area contributed by atoms with Crippen LogP contribution in [0.15, 0.2) is 47.2 Å². The lowest BCUT2D eigenvalue weighted by molar-refractivity contribution is 0.0944. The number of oxazole rings is 1. The maximum absolute atomic E-state index is 12.8. The Hall–Kier alpha value is -4.07. The number of benzene rings is 2. The summed E-state index contributed by atoms with van der Waals surface area (Å²) in [6, 6.07) is 9.63. The molecule has 4 aromatic rings. The number of carbonyl (C=O) groups is 1. The fourth-order valence-electron chi connectivity index (χ4n) is 3.69. The number of nitrogens with one attached hydrogen (secondary N) is 2. The third-order valence-electron chi connectivity index (χ3n) is 5.19. The van der Waals surface area contributed by atoms with Crippen molar-refractivity contribution in [3.63, 3.8) is 0 Å². The Morgan fingerprint density at radius 3 is 3.06 bits per heavy atom. The van der Waals surface area contributed by atoms with Crippen LogP contribution in [0.3, 0.4) is 0 Å². The fraction of sp³-hybridized carbons (Fsp3) is 0.174. The van der Waals surface area contributed by atoms with Gasteiger partial charge in [0.05, 0.1) is 48.6 Å². The molecule has 31 heavy (non-hydrogen) atoms. The Balaban J connectivity index is 1.45. The fourth-order valence-corrected chi connectivity index (χ4v) is 3.69. The number of amides is 1. The highest BCUT2D eigenvalue weighted by Crippen LogP contribution is 2.33. The van der Waals surface area contributed by atoms with E-state index in [-0.39, 0.29) is 12.5 Å². The SMILES string of the molecule is COc1c(C(=O)NCc2ncco2)ccc2[nH]nc(/C=C/c3ccc4c(c3)CCO4)c12. The second-order valence-corrected chi connectivity index (χ2v) is 7.09. The van der Waals surface area contributed by atoms with E-state index in [2.05, 4.69) is 26.6 Å². The first kappa shape index (κ1) is 18.9. The van der Waals surface area contributed by atoms with Crippen molar-refractivity contribution in [3.05, 3.63) is 71.1 Å². The van der Waals surface area contributed by atoms with Crippen molar-refractivity contribution in [2.75, 3.05) is 13.7 Å². The van der Waals surface area contributed by atoms with Crippen LogP contribution in [0.25, 0.3) is 23.1 Å². The number of fused-ring (bicyclic) bond motifs is 2. The van der Waals surface area contributed by atoms with Crippen molar-refractivity contribution in [2.24, 2.45) is 0 Å². The smallest absolute Gasteiger partial charge is 0.255 e.